The van der Waals surface area contributed by atoms with Crippen molar-refractivity contribution >= 4 is 17.7 Å². The van der Waals surface area contributed by atoms with E-state index in [1.165, 1.54) is 18.6 Å². The van der Waals surface area contributed by atoms with E-state index >= 15 is 0 Å². The van der Waals surface area contributed by atoms with Crippen LogP contribution in [0.4, 0.5) is 0 Å². The fourth-order valence-corrected chi connectivity index (χ4v) is 2.89. The topological polar surface area (TPSA) is 32.3 Å². The van der Waals surface area contributed by atoms with E-state index in [0.717, 1.165) is 24.8 Å². The van der Waals surface area contributed by atoms with Gasteiger partial charge in [0.25, 0.3) is 0 Å². The number of carbonyl (C=O) groups is 1. The molecule has 3 nitrogen and oxygen atoms in total. The van der Waals surface area contributed by atoms with Gasteiger partial charge >= 0.3 is 0 Å². The van der Waals surface area contributed by atoms with Crippen LogP contribution < -0.4 is 5.32 Å². The molecule has 0 aromatic rings. The first-order chi connectivity index (χ1) is 7.20. The second kappa shape index (κ2) is 7.12. The maximum atomic E-state index is 11.3. The summed E-state index contributed by atoms with van der Waals surface area (Å²) in [5, 5.41) is 4.24. The van der Waals surface area contributed by atoms with Crippen molar-refractivity contribution in [2.45, 2.75) is 30.9 Å². The Balaban J connectivity index is 1.90. The third-order valence-corrected chi connectivity index (χ3v) is 4.04. The highest BCUT2D eigenvalue weighted by atomic mass is 32.2. The van der Waals surface area contributed by atoms with Crippen LogP contribution in [0.5, 0.6) is 0 Å². The third kappa shape index (κ3) is 5.42. The largest absolute Gasteiger partial charge is 0.349 e. The molecule has 0 aromatic carbocycles. The van der Waals surface area contributed by atoms with Crippen molar-refractivity contribution in [2.24, 2.45) is 0 Å². The Morgan fingerprint density at radius 3 is 2.93 bits per heavy atom. The van der Waals surface area contributed by atoms with Gasteiger partial charge in [-0.3, -0.25) is 4.79 Å². The lowest BCUT2D eigenvalue weighted by Gasteiger charge is -2.11. The quantitative estimate of drug-likeness (QED) is 0.699. The molecule has 88 valence electrons. The Morgan fingerprint density at radius 1 is 1.53 bits per heavy atom. The first-order valence-corrected chi connectivity index (χ1v) is 6.77. The average molecular weight is 230 g/mol. The predicted octanol–water partition coefficient (Wildman–Crippen LogP) is 1.34. The Morgan fingerprint density at radius 2 is 2.33 bits per heavy atom. The van der Waals surface area contributed by atoms with E-state index in [0.29, 0.717) is 6.42 Å². The van der Waals surface area contributed by atoms with Crippen molar-refractivity contribution < 1.29 is 4.79 Å². The van der Waals surface area contributed by atoms with Crippen LogP contribution >= 0.6 is 11.8 Å². The summed E-state index contributed by atoms with van der Waals surface area (Å²) in [7, 11) is 3.62. The Kier molecular flexibility index (Phi) is 6.10. The summed E-state index contributed by atoms with van der Waals surface area (Å²) in [6, 6.07) is 0. The fourth-order valence-electron chi connectivity index (χ4n) is 1.66. The molecule has 0 aliphatic carbocycles. The van der Waals surface area contributed by atoms with E-state index in [9.17, 15) is 4.79 Å². The van der Waals surface area contributed by atoms with Gasteiger partial charge in [-0.25, -0.2) is 0 Å². The molecule has 1 aliphatic rings. The molecule has 0 radical (unpaired) electrons. The number of rotatable bonds is 6. The number of thioether (sulfide) groups is 1. The molecule has 1 rings (SSSR count). The van der Waals surface area contributed by atoms with E-state index in [4.69, 9.17) is 0 Å². The lowest BCUT2D eigenvalue weighted by molar-refractivity contribution is -0.128. The molecule has 4 heteroatoms. The number of nitrogens with zero attached hydrogens (tertiary/aromatic N) is 1. The van der Waals surface area contributed by atoms with E-state index in [1.807, 2.05) is 14.1 Å². The minimum atomic E-state index is 0.229. The summed E-state index contributed by atoms with van der Waals surface area (Å²) in [6.07, 6.45) is 4.34. The predicted molar refractivity (Wildman–Crippen MR) is 66.3 cm³/mol. The highest BCUT2D eigenvalue weighted by molar-refractivity contribution is 8.00. The number of amides is 1. The van der Waals surface area contributed by atoms with Crippen LogP contribution in [0.15, 0.2) is 0 Å². The zero-order valence-corrected chi connectivity index (χ0v) is 10.6. The van der Waals surface area contributed by atoms with Crippen LogP contribution in [0, 0.1) is 0 Å². The minimum absolute atomic E-state index is 0.229. The standard InChI is InChI=1S/C11H22N2OS/c1-13(2)11(14)6-3-7-12-9-10-5-4-8-15-10/h10,12H,3-9H2,1-2H3. The first kappa shape index (κ1) is 12.8. The number of hydrogen-bond donors (Lipinski definition) is 1. The smallest absolute Gasteiger partial charge is 0.222 e. The summed E-state index contributed by atoms with van der Waals surface area (Å²) in [5.74, 6) is 1.55. The van der Waals surface area contributed by atoms with Crippen molar-refractivity contribution in [3.8, 4) is 0 Å². The van der Waals surface area contributed by atoms with Gasteiger partial charge < -0.3 is 10.2 Å². The molecule has 1 amide bonds. The van der Waals surface area contributed by atoms with E-state index in [1.54, 1.807) is 4.90 Å². The lowest BCUT2D eigenvalue weighted by atomic mass is 10.2. The van der Waals surface area contributed by atoms with Gasteiger partial charge in [-0.2, -0.15) is 11.8 Å². The lowest BCUT2D eigenvalue weighted by Crippen LogP contribution is -2.26. The molecule has 0 spiro atoms. The van der Waals surface area contributed by atoms with Crippen molar-refractivity contribution in [3.05, 3.63) is 0 Å². The molecule has 0 aromatic heterocycles. The van der Waals surface area contributed by atoms with Crippen LogP contribution in [-0.4, -0.2) is 49.0 Å². The molecule has 1 saturated heterocycles. The van der Waals surface area contributed by atoms with E-state index < -0.39 is 0 Å². The van der Waals surface area contributed by atoms with Gasteiger partial charge in [0.15, 0.2) is 0 Å². The molecular formula is C11H22N2OS. The van der Waals surface area contributed by atoms with Crippen molar-refractivity contribution in [1.29, 1.82) is 0 Å². The molecular weight excluding hydrogens is 208 g/mol. The third-order valence-electron chi connectivity index (χ3n) is 2.64. The Hall–Kier alpha value is -0.220. The molecule has 1 unspecified atom stereocenters. The van der Waals surface area contributed by atoms with Crippen molar-refractivity contribution in [2.75, 3.05) is 32.9 Å². The molecule has 1 heterocycles. The number of hydrogen-bond acceptors (Lipinski definition) is 3. The fraction of sp³-hybridized carbons (Fsp3) is 0.909. The second-order valence-corrected chi connectivity index (χ2v) is 5.64. The molecule has 1 aliphatic heterocycles. The SMILES string of the molecule is CN(C)C(=O)CCCNCC1CCCS1. The summed E-state index contributed by atoms with van der Waals surface area (Å²) in [6.45, 7) is 2.08. The van der Waals surface area contributed by atoms with Gasteiger partial charge in [-0.05, 0) is 31.6 Å². The average Bonchev–Trinajstić information content (AvgIpc) is 2.69. The normalized spacial score (nSPS) is 20.5. The second-order valence-electron chi connectivity index (χ2n) is 4.23. The zero-order chi connectivity index (χ0) is 11.1. The van der Waals surface area contributed by atoms with Crippen LogP contribution in [0.3, 0.4) is 0 Å². The van der Waals surface area contributed by atoms with Crippen LogP contribution in [-0.2, 0) is 4.79 Å². The summed E-state index contributed by atoms with van der Waals surface area (Å²) >= 11 is 2.07. The summed E-state index contributed by atoms with van der Waals surface area (Å²) in [4.78, 5) is 12.9. The highest BCUT2D eigenvalue weighted by Gasteiger charge is 2.14. The molecule has 0 bridgehead atoms. The molecule has 1 N–H and O–H groups in total. The Labute approximate surface area is 97.0 Å². The molecule has 1 atom stereocenters. The summed E-state index contributed by atoms with van der Waals surface area (Å²) in [5.41, 5.74) is 0. The van der Waals surface area contributed by atoms with Gasteiger partial charge in [0, 0.05) is 32.3 Å². The summed E-state index contributed by atoms with van der Waals surface area (Å²) < 4.78 is 0. The van der Waals surface area contributed by atoms with E-state index in [-0.39, 0.29) is 5.91 Å². The van der Waals surface area contributed by atoms with Gasteiger partial charge in [0.05, 0.1) is 0 Å². The highest BCUT2D eigenvalue weighted by Crippen LogP contribution is 2.25. The maximum absolute atomic E-state index is 11.3. The minimum Gasteiger partial charge on any atom is -0.349 e. The monoisotopic (exact) mass is 230 g/mol. The molecule has 0 saturated carbocycles. The maximum Gasteiger partial charge on any atom is 0.222 e. The molecule has 15 heavy (non-hydrogen) atoms. The Bertz CT molecular complexity index is 191. The zero-order valence-electron chi connectivity index (χ0n) is 9.79. The van der Waals surface area contributed by atoms with Crippen LogP contribution in [0.25, 0.3) is 0 Å². The van der Waals surface area contributed by atoms with Crippen molar-refractivity contribution in [3.63, 3.8) is 0 Å². The first-order valence-electron chi connectivity index (χ1n) is 5.72. The molecule has 1 fully saturated rings. The van der Waals surface area contributed by atoms with E-state index in [2.05, 4.69) is 17.1 Å². The van der Waals surface area contributed by atoms with Gasteiger partial charge in [-0.1, -0.05) is 0 Å². The van der Waals surface area contributed by atoms with Gasteiger partial charge in [-0.15, -0.1) is 0 Å². The van der Waals surface area contributed by atoms with Gasteiger partial charge in [0.2, 0.25) is 5.91 Å². The number of nitrogens with one attached hydrogen (secondary N) is 1. The number of carbonyl (C=O) groups excluding carboxylic acids is 1. The van der Waals surface area contributed by atoms with Crippen LogP contribution in [0.2, 0.25) is 0 Å². The van der Waals surface area contributed by atoms with Gasteiger partial charge in [0.1, 0.15) is 0 Å². The van der Waals surface area contributed by atoms with Crippen LogP contribution in [0.1, 0.15) is 25.7 Å². The van der Waals surface area contributed by atoms with Crippen molar-refractivity contribution in [1.82, 2.24) is 10.2 Å².